The largest absolute Gasteiger partial charge is 0.379 e. The fourth-order valence-corrected chi connectivity index (χ4v) is 1.56. The van der Waals surface area contributed by atoms with Gasteiger partial charge in [0, 0.05) is 19.8 Å². The Balaban J connectivity index is 3.10. The van der Waals surface area contributed by atoms with E-state index in [1.807, 2.05) is 0 Å². The van der Waals surface area contributed by atoms with Crippen molar-refractivity contribution < 1.29 is 18.9 Å². The number of rotatable bonds is 16. The molecule has 0 rings (SSSR count). The van der Waals surface area contributed by atoms with Crippen molar-refractivity contribution in [2.24, 2.45) is 0 Å². The van der Waals surface area contributed by atoms with Crippen LogP contribution >= 0.6 is 0 Å². The van der Waals surface area contributed by atoms with Gasteiger partial charge in [-0.2, -0.15) is 0 Å². The lowest BCUT2D eigenvalue weighted by Gasteiger charge is -2.13. The molecule has 0 aliphatic heterocycles. The quantitative estimate of drug-likeness (QED) is 0.408. The molecule has 0 aliphatic rings. The first-order valence-corrected chi connectivity index (χ1v) is 8.16. The maximum absolute atomic E-state index is 5.65. The zero-order valence-corrected chi connectivity index (χ0v) is 13.7. The first-order chi connectivity index (χ1) is 9.81. The summed E-state index contributed by atoms with van der Waals surface area (Å²) in [6.07, 6.45) is 5.76. The molecule has 1 atom stereocenters. The van der Waals surface area contributed by atoms with Gasteiger partial charge in [0.1, 0.15) is 0 Å². The molecule has 4 nitrogen and oxygen atoms in total. The number of hydrogen-bond donors (Lipinski definition) is 0. The maximum Gasteiger partial charge on any atom is 0.0704 e. The van der Waals surface area contributed by atoms with Crippen LogP contribution in [0.25, 0.3) is 0 Å². The van der Waals surface area contributed by atoms with E-state index in [0.29, 0.717) is 26.4 Å². The van der Waals surface area contributed by atoms with Crippen LogP contribution in [0.1, 0.15) is 52.9 Å². The molecule has 0 aromatic carbocycles. The van der Waals surface area contributed by atoms with E-state index in [1.165, 1.54) is 12.8 Å². The van der Waals surface area contributed by atoms with Crippen LogP contribution < -0.4 is 0 Å². The van der Waals surface area contributed by atoms with Crippen molar-refractivity contribution in [3.05, 3.63) is 0 Å². The summed E-state index contributed by atoms with van der Waals surface area (Å²) in [6, 6.07) is 0. The molecule has 0 aliphatic carbocycles. The summed E-state index contributed by atoms with van der Waals surface area (Å²) in [6.45, 7) is 11.6. The Hall–Kier alpha value is -0.160. The first-order valence-electron chi connectivity index (χ1n) is 8.16. The van der Waals surface area contributed by atoms with Crippen LogP contribution in [0.5, 0.6) is 0 Å². The summed E-state index contributed by atoms with van der Waals surface area (Å²) in [5.74, 6) is 0. The van der Waals surface area contributed by atoms with Gasteiger partial charge in [0.2, 0.25) is 0 Å². The maximum atomic E-state index is 5.65. The third kappa shape index (κ3) is 15.9. The summed E-state index contributed by atoms with van der Waals surface area (Å²) in [5, 5.41) is 0. The predicted octanol–water partition coefficient (Wildman–Crippen LogP) is 3.43. The molecule has 20 heavy (non-hydrogen) atoms. The van der Waals surface area contributed by atoms with Gasteiger partial charge in [0.15, 0.2) is 0 Å². The topological polar surface area (TPSA) is 36.9 Å². The van der Waals surface area contributed by atoms with E-state index in [0.717, 1.165) is 39.1 Å². The van der Waals surface area contributed by atoms with Gasteiger partial charge in [-0.3, -0.25) is 0 Å². The Kier molecular flexibility index (Phi) is 16.8. The summed E-state index contributed by atoms with van der Waals surface area (Å²) >= 11 is 0. The molecular formula is C16H34O4. The molecule has 0 bridgehead atoms. The van der Waals surface area contributed by atoms with Crippen LogP contribution in [0.2, 0.25) is 0 Å². The van der Waals surface area contributed by atoms with Crippen LogP contribution in [0, 0.1) is 0 Å². The fourth-order valence-electron chi connectivity index (χ4n) is 1.56. The van der Waals surface area contributed by atoms with E-state index in [4.69, 9.17) is 18.9 Å². The lowest BCUT2D eigenvalue weighted by molar-refractivity contribution is -0.0105. The molecular weight excluding hydrogens is 256 g/mol. The van der Waals surface area contributed by atoms with Crippen molar-refractivity contribution in [1.82, 2.24) is 0 Å². The van der Waals surface area contributed by atoms with Crippen molar-refractivity contribution in [2.45, 2.75) is 59.0 Å². The third-order valence-electron chi connectivity index (χ3n) is 2.96. The molecule has 0 saturated carbocycles. The molecule has 0 radical (unpaired) electrons. The van der Waals surface area contributed by atoms with Gasteiger partial charge in [0.25, 0.3) is 0 Å². The van der Waals surface area contributed by atoms with Crippen LogP contribution in [-0.4, -0.2) is 52.4 Å². The summed E-state index contributed by atoms with van der Waals surface area (Å²) in [4.78, 5) is 0. The van der Waals surface area contributed by atoms with Gasteiger partial charge in [-0.1, -0.05) is 26.7 Å². The monoisotopic (exact) mass is 290 g/mol. The molecule has 0 spiro atoms. The summed E-state index contributed by atoms with van der Waals surface area (Å²) in [7, 11) is 0. The Bertz CT molecular complexity index is 176. The second-order valence-corrected chi connectivity index (χ2v) is 5.01. The number of unbranched alkanes of at least 4 members (excludes halogenated alkanes) is 2. The molecule has 0 aromatic rings. The van der Waals surface area contributed by atoms with Crippen molar-refractivity contribution >= 4 is 0 Å². The molecule has 4 heteroatoms. The minimum Gasteiger partial charge on any atom is -0.379 e. The van der Waals surface area contributed by atoms with Crippen molar-refractivity contribution in [2.75, 3.05) is 46.2 Å². The molecule has 0 fully saturated rings. The highest BCUT2D eigenvalue weighted by Gasteiger charge is 2.02. The number of ether oxygens (including phenoxy) is 4. The Labute approximate surface area is 125 Å². The molecule has 0 saturated heterocycles. The fraction of sp³-hybridized carbons (Fsp3) is 1.00. The van der Waals surface area contributed by atoms with Crippen LogP contribution in [0.15, 0.2) is 0 Å². The Morgan fingerprint density at radius 2 is 1.15 bits per heavy atom. The predicted molar refractivity (Wildman–Crippen MR) is 82.3 cm³/mol. The molecule has 0 aromatic heterocycles. The van der Waals surface area contributed by atoms with Crippen molar-refractivity contribution in [1.29, 1.82) is 0 Å². The van der Waals surface area contributed by atoms with Gasteiger partial charge in [-0.25, -0.2) is 0 Å². The summed E-state index contributed by atoms with van der Waals surface area (Å²) < 4.78 is 22.0. The Morgan fingerprint density at radius 3 is 1.70 bits per heavy atom. The highest BCUT2D eigenvalue weighted by Crippen LogP contribution is 1.98. The SMILES string of the molecule is CCCCOCCOCCC(C)OCCOCCCC. The second-order valence-electron chi connectivity index (χ2n) is 5.01. The van der Waals surface area contributed by atoms with E-state index in [9.17, 15) is 0 Å². The van der Waals surface area contributed by atoms with Crippen molar-refractivity contribution in [3.63, 3.8) is 0 Å². The van der Waals surface area contributed by atoms with Crippen LogP contribution in [0.3, 0.4) is 0 Å². The van der Waals surface area contributed by atoms with E-state index < -0.39 is 0 Å². The average molecular weight is 290 g/mol. The van der Waals surface area contributed by atoms with E-state index in [1.54, 1.807) is 0 Å². The van der Waals surface area contributed by atoms with Crippen molar-refractivity contribution in [3.8, 4) is 0 Å². The standard InChI is InChI=1S/C16H34O4/c1-4-6-9-17-12-13-19-11-8-16(3)20-15-14-18-10-7-5-2/h16H,4-15H2,1-3H3. The van der Waals surface area contributed by atoms with Crippen LogP contribution in [0.4, 0.5) is 0 Å². The highest BCUT2D eigenvalue weighted by molar-refractivity contribution is 4.49. The first kappa shape index (κ1) is 19.8. The minimum absolute atomic E-state index is 0.228. The third-order valence-corrected chi connectivity index (χ3v) is 2.96. The van der Waals surface area contributed by atoms with E-state index in [2.05, 4.69) is 20.8 Å². The van der Waals surface area contributed by atoms with Gasteiger partial charge >= 0.3 is 0 Å². The lowest BCUT2D eigenvalue weighted by atomic mass is 10.3. The number of hydrogen-bond acceptors (Lipinski definition) is 4. The van der Waals surface area contributed by atoms with Gasteiger partial charge < -0.3 is 18.9 Å². The molecule has 0 heterocycles. The van der Waals surface area contributed by atoms with Crippen LogP contribution in [-0.2, 0) is 18.9 Å². The van der Waals surface area contributed by atoms with Gasteiger partial charge in [-0.15, -0.1) is 0 Å². The smallest absolute Gasteiger partial charge is 0.0704 e. The molecule has 1 unspecified atom stereocenters. The minimum atomic E-state index is 0.228. The second kappa shape index (κ2) is 16.9. The lowest BCUT2D eigenvalue weighted by Crippen LogP contribution is -2.16. The Morgan fingerprint density at radius 1 is 0.650 bits per heavy atom. The highest BCUT2D eigenvalue weighted by atomic mass is 16.5. The van der Waals surface area contributed by atoms with E-state index >= 15 is 0 Å². The zero-order chi connectivity index (χ0) is 14.9. The molecule has 122 valence electrons. The molecule has 0 amide bonds. The normalized spacial score (nSPS) is 12.8. The van der Waals surface area contributed by atoms with Gasteiger partial charge in [0.05, 0.1) is 32.5 Å². The van der Waals surface area contributed by atoms with Gasteiger partial charge in [-0.05, 0) is 26.2 Å². The zero-order valence-electron chi connectivity index (χ0n) is 13.7. The summed E-state index contributed by atoms with van der Waals surface area (Å²) in [5.41, 5.74) is 0. The van der Waals surface area contributed by atoms with E-state index in [-0.39, 0.29) is 6.10 Å². The average Bonchev–Trinajstić information content (AvgIpc) is 2.45. The molecule has 0 N–H and O–H groups in total.